The second kappa shape index (κ2) is 23.0. The Morgan fingerprint density at radius 1 is 0.807 bits per heavy atom. The summed E-state index contributed by atoms with van der Waals surface area (Å²) in [6.45, 7) is 11.2. The van der Waals surface area contributed by atoms with Crippen LogP contribution in [-0.2, 0) is 42.7 Å². The Labute approximate surface area is 339 Å². The van der Waals surface area contributed by atoms with Gasteiger partial charge in [-0.05, 0) is 53.0 Å². The molecule has 0 amide bonds. The Morgan fingerprint density at radius 3 is 1.82 bits per heavy atom. The number of aliphatic hydroxyl groups is 1. The molecule has 2 heterocycles. The first kappa shape index (κ1) is 46.8. The van der Waals surface area contributed by atoms with Gasteiger partial charge in [-0.1, -0.05) is 120 Å². The average molecular weight is 816 g/mol. The molecule has 0 aliphatic carbocycles. The highest BCUT2D eigenvalue weighted by atomic mass is 28.4. The van der Waals surface area contributed by atoms with Crippen molar-refractivity contribution in [3.8, 4) is 0 Å². The first-order valence-electron chi connectivity index (χ1n) is 20.5. The third kappa shape index (κ3) is 11.4. The largest absolute Gasteiger partial charge is 0.467 e. The standard InChI is InChI=1S/C42H65N3O11Si/c1-8-11-26-51-35-32(44-45-43)40(50-7)54-31(24-25-42(4,5)57(48,29-20-16-14-17-21-29)30-22-18-15-19-23-30)34(35)55-41-33(46)36(52-27-12-9-2)37(53-28-13-10-3)38(56-41)39(47)49-6/h14-23,31-38,40-41,46,48H,8-13,24-28H2,1-7H3/t31?,32-,33?,34-,35?,36-,37-,38?,40+,41?/m0/s1. The number of carbonyl (C=O) groups excluding carboxylic acids is 1. The lowest BCUT2D eigenvalue weighted by Gasteiger charge is -2.49. The van der Waals surface area contributed by atoms with E-state index in [-0.39, 0.29) is 0 Å². The molecule has 4 rings (SSSR count). The minimum Gasteiger partial charge on any atom is -0.467 e. The molecule has 2 aliphatic heterocycles. The number of hydrogen-bond donors (Lipinski definition) is 2. The van der Waals surface area contributed by atoms with Crippen molar-refractivity contribution in [2.45, 2.75) is 152 Å². The minimum absolute atomic E-state index is 0.309. The van der Waals surface area contributed by atoms with Crippen LogP contribution in [-0.4, -0.2) is 120 Å². The van der Waals surface area contributed by atoms with E-state index >= 15 is 0 Å². The average Bonchev–Trinajstić information content (AvgIpc) is 3.23. The second-order valence-corrected chi connectivity index (χ2v) is 19.4. The topological polar surface area (TPSA) is 180 Å². The van der Waals surface area contributed by atoms with Crippen LogP contribution in [0, 0.1) is 0 Å². The van der Waals surface area contributed by atoms with Gasteiger partial charge in [0.25, 0.3) is 8.32 Å². The number of carbonyl (C=O) groups is 1. The van der Waals surface area contributed by atoms with Crippen molar-refractivity contribution in [2.75, 3.05) is 34.0 Å². The van der Waals surface area contributed by atoms with E-state index in [0.29, 0.717) is 39.1 Å². The molecule has 2 saturated heterocycles. The van der Waals surface area contributed by atoms with Crippen molar-refractivity contribution in [1.29, 1.82) is 0 Å². The van der Waals surface area contributed by atoms with Crippen molar-refractivity contribution in [3.63, 3.8) is 0 Å². The molecule has 2 aromatic rings. The minimum atomic E-state index is -3.43. The zero-order valence-electron chi connectivity index (χ0n) is 34.7. The molecular formula is C42H65N3O11Si. The molecule has 5 unspecified atom stereocenters. The Balaban J connectivity index is 1.76. The fourth-order valence-corrected chi connectivity index (χ4v) is 11.5. The van der Waals surface area contributed by atoms with E-state index in [4.69, 9.17) is 37.9 Å². The molecular weight excluding hydrogens is 751 g/mol. The molecule has 2 aromatic carbocycles. The lowest BCUT2D eigenvalue weighted by Crippen LogP contribution is -2.66. The lowest BCUT2D eigenvalue weighted by atomic mass is 9.91. The number of azide groups is 1. The van der Waals surface area contributed by atoms with E-state index in [9.17, 15) is 20.2 Å². The highest BCUT2D eigenvalue weighted by Gasteiger charge is 2.56. The Morgan fingerprint density at radius 2 is 1.33 bits per heavy atom. The van der Waals surface area contributed by atoms with Crippen LogP contribution >= 0.6 is 0 Å². The van der Waals surface area contributed by atoms with Crippen LogP contribution in [0.15, 0.2) is 65.8 Å². The molecule has 14 nitrogen and oxygen atoms in total. The number of unbranched alkanes of at least 4 members (excludes halogenated alkanes) is 3. The van der Waals surface area contributed by atoms with Gasteiger partial charge in [0.2, 0.25) is 0 Å². The van der Waals surface area contributed by atoms with Crippen LogP contribution in [0.25, 0.3) is 10.4 Å². The van der Waals surface area contributed by atoms with Gasteiger partial charge in [0, 0.05) is 31.8 Å². The quantitative estimate of drug-likeness (QED) is 0.0359. The van der Waals surface area contributed by atoms with Crippen molar-refractivity contribution in [2.24, 2.45) is 5.11 Å². The summed E-state index contributed by atoms with van der Waals surface area (Å²) in [6, 6.07) is 18.5. The van der Waals surface area contributed by atoms with Gasteiger partial charge in [-0.2, -0.15) is 0 Å². The maximum absolute atomic E-state index is 13.3. The SMILES string of the molecule is CCCCOC1[C@@H](OC2OC(C(=O)OC)[C@@H](OCCCC)[C@@H](OCCCC)C2O)C(CCC(C)(C)[Si](O)(c2ccccc2)c2ccccc2)O[C@@H](OC)[C@H]1N=[N+]=[N-]. The van der Waals surface area contributed by atoms with Gasteiger partial charge in [-0.25, -0.2) is 4.79 Å². The number of ether oxygens (including phenoxy) is 8. The van der Waals surface area contributed by atoms with Crippen molar-refractivity contribution in [3.05, 3.63) is 71.1 Å². The van der Waals surface area contributed by atoms with Crippen molar-refractivity contribution in [1.82, 2.24) is 0 Å². The summed E-state index contributed by atoms with van der Waals surface area (Å²) >= 11 is 0. The van der Waals surface area contributed by atoms with E-state index in [1.54, 1.807) is 0 Å². The molecule has 0 radical (unpaired) electrons. The van der Waals surface area contributed by atoms with Crippen molar-refractivity contribution >= 4 is 24.7 Å². The van der Waals surface area contributed by atoms with Gasteiger partial charge in [0.05, 0.1) is 19.3 Å². The highest BCUT2D eigenvalue weighted by molar-refractivity contribution is 6.98. The molecule has 2 N–H and O–H groups in total. The summed E-state index contributed by atoms with van der Waals surface area (Å²) in [4.78, 5) is 29.4. The molecule has 0 spiro atoms. The summed E-state index contributed by atoms with van der Waals surface area (Å²) in [6.07, 6.45) is -4.29. The first-order valence-corrected chi connectivity index (χ1v) is 22.4. The van der Waals surface area contributed by atoms with Crippen LogP contribution in [0.3, 0.4) is 0 Å². The third-order valence-electron chi connectivity index (χ3n) is 11.1. The van der Waals surface area contributed by atoms with Gasteiger partial charge in [-0.15, -0.1) is 0 Å². The zero-order chi connectivity index (χ0) is 41.4. The number of esters is 1. The van der Waals surface area contributed by atoms with Gasteiger partial charge < -0.3 is 47.8 Å². The molecule has 10 atom stereocenters. The highest BCUT2D eigenvalue weighted by Crippen LogP contribution is 2.43. The Bertz CT molecular complexity index is 1480. The molecule has 0 aromatic heterocycles. The number of aliphatic hydroxyl groups excluding tert-OH is 1. The van der Waals surface area contributed by atoms with E-state index in [2.05, 4.69) is 23.9 Å². The summed E-state index contributed by atoms with van der Waals surface area (Å²) in [5.74, 6) is -0.701. The first-order chi connectivity index (χ1) is 27.5. The number of nitrogens with zero attached hydrogens (tertiary/aromatic N) is 3. The number of hydrogen-bond acceptors (Lipinski definition) is 12. The normalized spacial score (nSPS) is 28.1. The number of benzene rings is 2. The molecule has 0 bridgehead atoms. The van der Waals surface area contributed by atoms with Crippen LogP contribution in [0.4, 0.5) is 0 Å². The van der Waals surface area contributed by atoms with Gasteiger partial charge in [-0.3, -0.25) is 0 Å². The Kier molecular flexibility index (Phi) is 18.9. The van der Waals surface area contributed by atoms with E-state index in [1.165, 1.54) is 14.2 Å². The van der Waals surface area contributed by atoms with E-state index in [1.807, 2.05) is 81.4 Å². The maximum atomic E-state index is 13.3. The van der Waals surface area contributed by atoms with E-state index < -0.39 is 80.7 Å². The molecule has 318 valence electrons. The molecule has 2 aliphatic rings. The van der Waals surface area contributed by atoms with Gasteiger partial charge in [0.15, 0.2) is 18.7 Å². The fraction of sp³-hybridized carbons (Fsp3) is 0.690. The fourth-order valence-electron chi connectivity index (χ4n) is 7.71. The van der Waals surface area contributed by atoms with Crippen LogP contribution < -0.4 is 10.4 Å². The monoisotopic (exact) mass is 815 g/mol. The molecule has 15 heteroatoms. The number of methoxy groups -OCH3 is 2. The van der Waals surface area contributed by atoms with Gasteiger partial charge in [0.1, 0.15) is 30.5 Å². The summed E-state index contributed by atoms with van der Waals surface area (Å²) < 4.78 is 49.5. The maximum Gasteiger partial charge on any atom is 0.337 e. The molecule has 2 fully saturated rings. The smallest absolute Gasteiger partial charge is 0.337 e. The molecule has 57 heavy (non-hydrogen) atoms. The molecule has 0 saturated carbocycles. The summed E-state index contributed by atoms with van der Waals surface area (Å²) in [5.41, 5.74) is 9.71. The van der Waals surface area contributed by atoms with Crippen LogP contribution in [0.1, 0.15) is 86.0 Å². The van der Waals surface area contributed by atoms with Crippen LogP contribution in [0.5, 0.6) is 0 Å². The summed E-state index contributed by atoms with van der Waals surface area (Å²) in [7, 11) is -0.696. The second-order valence-electron chi connectivity index (χ2n) is 15.4. The third-order valence-corrected chi connectivity index (χ3v) is 15.7. The number of rotatable bonds is 23. The van der Waals surface area contributed by atoms with Gasteiger partial charge >= 0.3 is 5.97 Å². The van der Waals surface area contributed by atoms with Crippen LogP contribution in [0.2, 0.25) is 5.04 Å². The zero-order valence-corrected chi connectivity index (χ0v) is 35.7. The Hall–Kier alpha value is -2.92. The lowest BCUT2D eigenvalue weighted by molar-refractivity contribution is -0.348. The van der Waals surface area contributed by atoms with E-state index in [0.717, 1.165) is 42.5 Å². The predicted molar refractivity (Wildman–Crippen MR) is 218 cm³/mol. The predicted octanol–water partition coefficient (Wildman–Crippen LogP) is 5.55. The van der Waals surface area contributed by atoms with Crippen molar-refractivity contribution < 1.29 is 52.6 Å². The summed E-state index contributed by atoms with van der Waals surface area (Å²) in [5, 5.41) is 17.2.